The van der Waals surface area contributed by atoms with Gasteiger partial charge in [0, 0.05) is 24.0 Å². The fourth-order valence-corrected chi connectivity index (χ4v) is 6.33. The van der Waals surface area contributed by atoms with Crippen LogP contribution < -0.4 is 21.3 Å². The largest absolute Gasteiger partial charge is 0.418 e. The molecule has 3 aromatic rings. The first kappa shape index (κ1) is 33.0. The van der Waals surface area contributed by atoms with E-state index in [1.807, 2.05) is 6.92 Å². The molecule has 246 valence electrons. The lowest BCUT2D eigenvalue weighted by molar-refractivity contribution is -0.139. The van der Waals surface area contributed by atoms with Crippen molar-refractivity contribution in [2.45, 2.75) is 82.6 Å². The second kappa shape index (κ2) is 13.1. The van der Waals surface area contributed by atoms with E-state index in [2.05, 4.69) is 26.3 Å². The molecule has 9 nitrogen and oxygen atoms in total. The summed E-state index contributed by atoms with van der Waals surface area (Å²) in [6.07, 6.45) is -3.42. The summed E-state index contributed by atoms with van der Waals surface area (Å²) < 4.78 is 55.8. The molecule has 2 heterocycles. The van der Waals surface area contributed by atoms with Crippen LogP contribution in [0, 0.1) is 11.7 Å². The maximum atomic E-state index is 14.2. The first-order valence-electron chi connectivity index (χ1n) is 15.5. The van der Waals surface area contributed by atoms with Crippen LogP contribution in [0.15, 0.2) is 42.5 Å². The summed E-state index contributed by atoms with van der Waals surface area (Å²) in [5.41, 5.74) is -1.45. The molecule has 4 amide bonds. The zero-order valence-corrected chi connectivity index (χ0v) is 25.6. The fraction of sp³-hybridized carbons (Fsp3) is 0.455. The van der Waals surface area contributed by atoms with Gasteiger partial charge in [-0.1, -0.05) is 50.6 Å². The molecule has 2 aliphatic rings. The quantitative estimate of drug-likeness (QED) is 0.227. The second-order valence-corrected chi connectivity index (χ2v) is 12.2. The van der Waals surface area contributed by atoms with E-state index >= 15 is 0 Å². The Hall–Kier alpha value is -4.42. The van der Waals surface area contributed by atoms with Gasteiger partial charge in [-0.15, -0.1) is 0 Å². The molecule has 13 heteroatoms. The SMILES string of the molecule is CCC(C)[C@H](NC(=O)Cc1ccccc1F)C(=O)N[C@]1(C(=O)N[C@H]2CCCNC2=O)CCc2[nH]c3c(C(F)(F)F)cccc3c2C1. The number of fused-ring (bicyclic) bond motifs is 3. The van der Waals surface area contributed by atoms with Crippen molar-refractivity contribution >= 4 is 34.5 Å². The lowest BCUT2D eigenvalue weighted by atomic mass is 9.78. The van der Waals surface area contributed by atoms with Crippen LogP contribution in [0.4, 0.5) is 17.6 Å². The smallest absolute Gasteiger partial charge is 0.358 e. The van der Waals surface area contributed by atoms with E-state index in [1.54, 1.807) is 13.0 Å². The van der Waals surface area contributed by atoms with Crippen LogP contribution in [0.2, 0.25) is 0 Å². The monoisotopic (exact) mass is 643 g/mol. The number of carbonyl (C=O) groups excluding carboxylic acids is 4. The molecule has 1 aromatic heterocycles. The predicted molar refractivity (Wildman–Crippen MR) is 162 cm³/mol. The summed E-state index contributed by atoms with van der Waals surface area (Å²) in [6.45, 7) is 4.05. The zero-order chi connectivity index (χ0) is 33.2. The maximum Gasteiger partial charge on any atom is 0.418 e. The number of alkyl halides is 3. The Morgan fingerprint density at radius 2 is 1.87 bits per heavy atom. The van der Waals surface area contributed by atoms with Crippen LogP contribution >= 0.6 is 0 Å². The summed E-state index contributed by atoms with van der Waals surface area (Å²) >= 11 is 0. The second-order valence-electron chi connectivity index (χ2n) is 12.2. The van der Waals surface area contributed by atoms with Gasteiger partial charge in [-0.3, -0.25) is 19.2 Å². The van der Waals surface area contributed by atoms with Gasteiger partial charge in [-0.05, 0) is 54.9 Å². The molecule has 46 heavy (non-hydrogen) atoms. The minimum absolute atomic E-state index is 0.0243. The van der Waals surface area contributed by atoms with E-state index in [0.29, 0.717) is 37.1 Å². The highest BCUT2D eigenvalue weighted by Gasteiger charge is 2.47. The molecule has 1 unspecified atom stereocenters. The molecular formula is C33H37F4N5O4. The molecule has 0 bridgehead atoms. The van der Waals surface area contributed by atoms with Crippen molar-refractivity contribution < 1.29 is 36.7 Å². The Bertz CT molecular complexity index is 1650. The zero-order valence-electron chi connectivity index (χ0n) is 25.6. The normalized spacial score (nSPS) is 21.1. The number of para-hydroxylation sites is 1. The summed E-state index contributed by atoms with van der Waals surface area (Å²) in [5, 5.41) is 11.3. The van der Waals surface area contributed by atoms with Crippen molar-refractivity contribution in [1.29, 1.82) is 0 Å². The number of carbonyl (C=O) groups is 4. The molecule has 4 atom stereocenters. The molecule has 1 aliphatic carbocycles. The predicted octanol–water partition coefficient (Wildman–Crippen LogP) is 3.84. The topological polar surface area (TPSA) is 132 Å². The Morgan fingerprint density at radius 1 is 1.11 bits per heavy atom. The van der Waals surface area contributed by atoms with Gasteiger partial charge in [0.05, 0.1) is 17.5 Å². The van der Waals surface area contributed by atoms with Crippen molar-refractivity contribution in [3.05, 3.63) is 70.7 Å². The van der Waals surface area contributed by atoms with Gasteiger partial charge in [-0.2, -0.15) is 13.2 Å². The lowest BCUT2D eigenvalue weighted by Gasteiger charge is -2.39. The van der Waals surface area contributed by atoms with Crippen molar-refractivity contribution in [2.75, 3.05) is 6.54 Å². The van der Waals surface area contributed by atoms with Gasteiger partial charge in [0.1, 0.15) is 23.4 Å². The van der Waals surface area contributed by atoms with Crippen LogP contribution in [-0.4, -0.2) is 52.8 Å². The number of aryl methyl sites for hydroxylation is 1. The minimum Gasteiger partial charge on any atom is -0.358 e. The number of benzene rings is 2. The van der Waals surface area contributed by atoms with Crippen molar-refractivity contribution in [3.63, 3.8) is 0 Å². The van der Waals surface area contributed by atoms with Crippen molar-refractivity contribution in [3.8, 4) is 0 Å². The number of H-pyrrole nitrogens is 1. The van der Waals surface area contributed by atoms with E-state index in [-0.39, 0.29) is 48.1 Å². The van der Waals surface area contributed by atoms with E-state index < -0.39 is 58.8 Å². The van der Waals surface area contributed by atoms with Crippen LogP contribution in [-0.2, 0) is 44.6 Å². The third-order valence-corrected chi connectivity index (χ3v) is 9.12. The molecule has 1 saturated heterocycles. The van der Waals surface area contributed by atoms with Gasteiger partial charge in [0.2, 0.25) is 23.6 Å². The summed E-state index contributed by atoms with van der Waals surface area (Å²) in [5.74, 6) is -3.22. The molecule has 1 aliphatic heterocycles. The highest BCUT2D eigenvalue weighted by atomic mass is 19.4. The number of rotatable bonds is 9. The molecule has 0 saturated carbocycles. The highest BCUT2D eigenvalue weighted by molar-refractivity contribution is 5.98. The summed E-state index contributed by atoms with van der Waals surface area (Å²) in [6, 6.07) is 7.67. The molecule has 0 spiro atoms. The van der Waals surface area contributed by atoms with Crippen LogP contribution in [0.1, 0.15) is 61.9 Å². The van der Waals surface area contributed by atoms with Gasteiger partial charge >= 0.3 is 6.18 Å². The van der Waals surface area contributed by atoms with Crippen molar-refractivity contribution in [2.24, 2.45) is 5.92 Å². The fourth-order valence-electron chi connectivity index (χ4n) is 6.33. The maximum absolute atomic E-state index is 14.2. The average molecular weight is 644 g/mol. The van der Waals surface area contributed by atoms with E-state index in [1.165, 1.54) is 30.3 Å². The number of hydrogen-bond acceptors (Lipinski definition) is 4. The molecule has 1 fully saturated rings. The van der Waals surface area contributed by atoms with Gasteiger partial charge in [-0.25, -0.2) is 4.39 Å². The Balaban J connectivity index is 1.47. The van der Waals surface area contributed by atoms with Gasteiger partial charge in [0.25, 0.3) is 0 Å². The first-order valence-corrected chi connectivity index (χ1v) is 15.5. The number of halogens is 4. The minimum atomic E-state index is -4.62. The van der Waals surface area contributed by atoms with Crippen LogP contribution in [0.3, 0.4) is 0 Å². The summed E-state index contributed by atoms with van der Waals surface area (Å²) in [7, 11) is 0. The standard InChI is InChI=1S/C33H37F4N5O4/c1-3-18(2)27(41-26(43)16-19-8-4-5-11-23(19)34)30(45)42-32(31(46)40-25-12-7-15-38-29(25)44)14-13-24-21(17-32)20-9-6-10-22(28(20)39-24)33(35,36)37/h4-6,8-11,18,25,27,39H,3,7,12-17H2,1-2H3,(H,38,44)(H,40,46)(H,41,43)(H,42,45)/t18?,25-,27-,32+/m0/s1. The third kappa shape index (κ3) is 6.73. The number of piperidine rings is 1. The Kier molecular flexibility index (Phi) is 9.41. The third-order valence-electron chi connectivity index (χ3n) is 9.12. The summed E-state index contributed by atoms with van der Waals surface area (Å²) in [4.78, 5) is 56.6. The molecule has 5 N–H and O–H groups in total. The number of hydrogen-bond donors (Lipinski definition) is 5. The Morgan fingerprint density at radius 3 is 2.57 bits per heavy atom. The van der Waals surface area contributed by atoms with Crippen molar-refractivity contribution in [1.82, 2.24) is 26.3 Å². The Labute approximate surface area is 263 Å². The van der Waals surface area contributed by atoms with Crippen LogP contribution in [0.25, 0.3) is 10.9 Å². The molecular weight excluding hydrogens is 606 g/mol. The molecule has 2 aromatic carbocycles. The number of amides is 4. The number of aromatic nitrogens is 1. The van der Waals surface area contributed by atoms with Crippen LogP contribution in [0.5, 0.6) is 0 Å². The van der Waals surface area contributed by atoms with E-state index in [0.717, 1.165) is 6.07 Å². The molecule has 5 rings (SSSR count). The van der Waals surface area contributed by atoms with Gasteiger partial charge < -0.3 is 26.3 Å². The lowest BCUT2D eigenvalue weighted by Crippen LogP contribution is -2.67. The number of nitrogens with one attached hydrogen (secondary N) is 5. The van der Waals surface area contributed by atoms with E-state index in [9.17, 15) is 36.7 Å². The van der Waals surface area contributed by atoms with Gasteiger partial charge in [0.15, 0.2) is 0 Å². The number of aromatic amines is 1. The average Bonchev–Trinajstić information content (AvgIpc) is 3.39. The first-order chi connectivity index (χ1) is 21.8. The molecule has 0 radical (unpaired) electrons. The highest BCUT2D eigenvalue weighted by Crippen LogP contribution is 2.40. The van der Waals surface area contributed by atoms with E-state index in [4.69, 9.17) is 0 Å².